The number of imidazole rings is 1. The summed E-state index contributed by atoms with van der Waals surface area (Å²) in [5, 5.41) is 2.99. The average molecular weight is 442 g/mol. The predicted octanol–water partition coefficient (Wildman–Crippen LogP) is 5.33. The highest BCUT2D eigenvalue weighted by Gasteiger charge is 2.11. The molecule has 0 spiro atoms. The summed E-state index contributed by atoms with van der Waals surface area (Å²) in [7, 11) is 0. The van der Waals surface area contributed by atoms with Crippen LogP contribution in [0.25, 0.3) is 11.0 Å². The second-order valence-corrected chi connectivity index (χ2v) is 8.40. The van der Waals surface area contributed by atoms with E-state index < -0.39 is 0 Å². The van der Waals surface area contributed by atoms with Crippen molar-refractivity contribution in [2.75, 3.05) is 6.54 Å². The van der Waals surface area contributed by atoms with Gasteiger partial charge in [-0.3, -0.25) is 4.79 Å². The molecule has 1 aromatic heterocycles. The van der Waals surface area contributed by atoms with Gasteiger partial charge in [-0.05, 0) is 42.7 Å². The molecule has 0 aliphatic carbocycles. The van der Waals surface area contributed by atoms with Crippen LogP contribution in [-0.4, -0.2) is 22.0 Å². The van der Waals surface area contributed by atoms with E-state index in [-0.39, 0.29) is 11.8 Å². The molecule has 148 valence electrons. The van der Waals surface area contributed by atoms with Gasteiger partial charge >= 0.3 is 0 Å². The van der Waals surface area contributed by atoms with Crippen LogP contribution in [0.15, 0.2) is 53.0 Å². The summed E-state index contributed by atoms with van der Waals surface area (Å²) in [5.41, 5.74) is 3.49. The van der Waals surface area contributed by atoms with Crippen molar-refractivity contribution in [1.82, 2.24) is 14.9 Å². The maximum Gasteiger partial charge on any atom is 0.222 e. The number of amides is 1. The highest BCUT2D eigenvalue weighted by molar-refractivity contribution is 9.10. The fraction of sp³-hybridized carbons (Fsp3) is 0.391. The first-order chi connectivity index (χ1) is 13.5. The van der Waals surface area contributed by atoms with Crippen LogP contribution in [0.3, 0.4) is 0 Å². The van der Waals surface area contributed by atoms with Gasteiger partial charge in [0.15, 0.2) is 0 Å². The molecule has 28 heavy (non-hydrogen) atoms. The molecular formula is C23H28BrN3O. The lowest BCUT2D eigenvalue weighted by molar-refractivity contribution is -0.123. The minimum absolute atomic E-state index is 0.0536. The van der Waals surface area contributed by atoms with E-state index in [1.54, 1.807) is 0 Å². The number of aromatic nitrogens is 2. The van der Waals surface area contributed by atoms with Gasteiger partial charge in [-0.2, -0.15) is 0 Å². The van der Waals surface area contributed by atoms with Crippen LogP contribution in [0, 0.1) is 5.92 Å². The fourth-order valence-electron chi connectivity index (χ4n) is 3.31. The maximum absolute atomic E-state index is 11.6. The zero-order valence-electron chi connectivity index (χ0n) is 16.6. The standard InChI is InChI=1S/C23H28BrN3O/c1-17(2)23(28)25-14-7-3-4-13-22-26-20-11-5-6-12-21(20)27(22)16-18-9-8-10-19(24)15-18/h5-6,8-12,15,17H,3-4,7,13-14,16H2,1-2H3,(H,25,28). The second-order valence-electron chi connectivity index (χ2n) is 7.49. The molecular weight excluding hydrogens is 414 g/mol. The van der Waals surface area contributed by atoms with Crippen molar-refractivity contribution in [3.05, 3.63) is 64.4 Å². The Morgan fingerprint density at radius 2 is 1.93 bits per heavy atom. The Morgan fingerprint density at radius 3 is 2.71 bits per heavy atom. The van der Waals surface area contributed by atoms with Crippen LogP contribution in [0.2, 0.25) is 0 Å². The molecule has 0 atom stereocenters. The average Bonchev–Trinajstić information content (AvgIpc) is 3.02. The summed E-state index contributed by atoms with van der Waals surface area (Å²) in [6.45, 7) is 5.42. The summed E-state index contributed by atoms with van der Waals surface area (Å²) in [4.78, 5) is 16.5. The Bertz CT molecular complexity index is 932. The second kappa shape index (κ2) is 9.87. The van der Waals surface area contributed by atoms with Gasteiger partial charge < -0.3 is 9.88 Å². The van der Waals surface area contributed by atoms with E-state index in [1.807, 2.05) is 19.9 Å². The summed E-state index contributed by atoms with van der Waals surface area (Å²) >= 11 is 3.56. The molecule has 0 saturated heterocycles. The molecule has 3 rings (SSSR count). The molecule has 0 aliphatic heterocycles. The largest absolute Gasteiger partial charge is 0.356 e. The normalized spacial score (nSPS) is 11.3. The lowest BCUT2D eigenvalue weighted by Gasteiger charge is -2.10. The van der Waals surface area contributed by atoms with Crippen LogP contribution >= 0.6 is 15.9 Å². The zero-order chi connectivity index (χ0) is 19.9. The van der Waals surface area contributed by atoms with E-state index in [1.165, 1.54) is 11.1 Å². The first-order valence-corrected chi connectivity index (χ1v) is 10.8. The van der Waals surface area contributed by atoms with E-state index in [9.17, 15) is 4.79 Å². The van der Waals surface area contributed by atoms with Crippen LogP contribution in [0.4, 0.5) is 0 Å². The third-order valence-electron chi connectivity index (χ3n) is 4.86. The van der Waals surface area contributed by atoms with Crippen molar-refractivity contribution in [3.8, 4) is 0 Å². The van der Waals surface area contributed by atoms with E-state index in [0.29, 0.717) is 0 Å². The van der Waals surface area contributed by atoms with Gasteiger partial charge in [-0.1, -0.05) is 60.5 Å². The highest BCUT2D eigenvalue weighted by atomic mass is 79.9. The Kier molecular flexibility index (Phi) is 7.26. The molecule has 1 heterocycles. The Hall–Kier alpha value is -2.14. The van der Waals surface area contributed by atoms with Crippen molar-refractivity contribution in [1.29, 1.82) is 0 Å². The first-order valence-electron chi connectivity index (χ1n) is 10.0. The molecule has 0 unspecified atom stereocenters. The summed E-state index contributed by atoms with van der Waals surface area (Å²) in [6, 6.07) is 16.8. The summed E-state index contributed by atoms with van der Waals surface area (Å²) < 4.78 is 3.43. The number of nitrogens with one attached hydrogen (secondary N) is 1. The van der Waals surface area contributed by atoms with Crippen molar-refractivity contribution in [2.24, 2.45) is 5.92 Å². The molecule has 0 fully saturated rings. The Balaban J connectivity index is 1.63. The van der Waals surface area contributed by atoms with Gasteiger partial charge in [0.2, 0.25) is 5.91 Å². The quantitative estimate of drug-likeness (QED) is 0.455. The molecule has 4 nitrogen and oxygen atoms in total. The number of halogens is 1. The molecule has 5 heteroatoms. The van der Waals surface area contributed by atoms with Crippen molar-refractivity contribution >= 4 is 32.9 Å². The monoisotopic (exact) mass is 441 g/mol. The molecule has 0 aliphatic rings. The predicted molar refractivity (Wildman–Crippen MR) is 118 cm³/mol. The highest BCUT2D eigenvalue weighted by Crippen LogP contribution is 2.21. The van der Waals surface area contributed by atoms with Crippen LogP contribution in [0.5, 0.6) is 0 Å². The number of rotatable bonds is 9. The van der Waals surface area contributed by atoms with Gasteiger partial charge in [0.05, 0.1) is 11.0 Å². The zero-order valence-corrected chi connectivity index (χ0v) is 18.2. The number of unbranched alkanes of at least 4 members (excludes halogenated alkanes) is 2. The number of carbonyl (C=O) groups is 1. The number of carbonyl (C=O) groups excluding carboxylic acids is 1. The molecule has 1 N–H and O–H groups in total. The van der Waals surface area contributed by atoms with E-state index in [0.717, 1.165) is 54.6 Å². The van der Waals surface area contributed by atoms with Crippen molar-refractivity contribution in [2.45, 2.75) is 46.1 Å². The SMILES string of the molecule is CC(C)C(=O)NCCCCCc1nc2ccccc2n1Cc1cccc(Br)c1. The number of aryl methyl sites for hydroxylation is 1. The number of para-hydroxylation sites is 2. The van der Waals surface area contributed by atoms with E-state index in [2.05, 4.69) is 68.3 Å². The Labute approximate surface area is 175 Å². The lowest BCUT2D eigenvalue weighted by atomic mass is 10.1. The van der Waals surface area contributed by atoms with Gasteiger partial charge in [0, 0.05) is 29.9 Å². The van der Waals surface area contributed by atoms with Gasteiger partial charge in [0.25, 0.3) is 0 Å². The van der Waals surface area contributed by atoms with E-state index >= 15 is 0 Å². The minimum Gasteiger partial charge on any atom is -0.356 e. The molecule has 1 amide bonds. The molecule has 2 aromatic carbocycles. The smallest absolute Gasteiger partial charge is 0.222 e. The summed E-state index contributed by atoms with van der Waals surface area (Å²) in [5.74, 6) is 1.32. The number of nitrogens with zero attached hydrogens (tertiary/aromatic N) is 2. The topological polar surface area (TPSA) is 46.9 Å². The van der Waals surface area contributed by atoms with Crippen LogP contribution in [-0.2, 0) is 17.8 Å². The number of fused-ring (bicyclic) bond motifs is 1. The number of benzene rings is 2. The summed E-state index contributed by atoms with van der Waals surface area (Å²) in [6.07, 6.45) is 4.10. The molecule has 0 radical (unpaired) electrons. The van der Waals surface area contributed by atoms with E-state index in [4.69, 9.17) is 4.98 Å². The number of hydrogen-bond donors (Lipinski definition) is 1. The molecule has 0 saturated carbocycles. The third kappa shape index (κ3) is 5.44. The third-order valence-corrected chi connectivity index (χ3v) is 5.36. The van der Waals surface area contributed by atoms with Crippen LogP contribution in [0.1, 0.15) is 44.5 Å². The van der Waals surface area contributed by atoms with Crippen molar-refractivity contribution < 1.29 is 4.79 Å². The minimum atomic E-state index is 0.0536. The van der Waals surface area contributed by atoms with Crippen molar-refractivity contribution in [3.63, 3.8) is 0 Å². The number of hydrogen-bond acceptors (Lipinski definition) is 2. The fourth-order valence-corrected chi connectivity index (χ4v) is 3.76. The first kappa shape index (κ1) is 20.6. The Morgan fingerprint density at radius 1 is 1.11 bits per heavy atom. The maximum atomic E-state index is 11.6. The molecule has 0 bridgehead atoms. The van der Waals surface area contributed by atoms with Crippen LogP contribution < -0.4 is 5.32 Å². The lowest BCUT2D eigenvalue weighted by Crippen LogP contribution is -2.28. The molecule has 3 aromatic rings. The van der Waals surface area contributed by atoms with Gasteiger partial charge in [-0.25, -0.2) is 4.98 Å². The van der Waals surface area contributed by atoms with Gasteiger partial charge in [0.1, 0.15) is 5.82 Å². The van der Waals surface area contributed by atoms with Gasteiger partial charge in [-0.15, -0.1) is 0 Å².